The molecule has 1 N–H and O–H groups in total. The first-order valence-electron chi connectivity index (χ1n) is 13.9. The molecule has 0 fully saturated rings. The number of aryl methyl sites for hydroxylation is 1. The molecule has 0 aliphatic carbocycles. The zero-order chi connectivity index (χ0) is 25.4. The van der Waals surface area contributed by atoms with Crippen LogP contribution in [0.2, 0.25) is 0 Å². The van der Waals surface area contributed by atoms with Crippen molar-refractivity contribution < 1.29 is 12.9 Å². The van der Waals surface area contributed by atoms with Crippen molar-refractivity contribution in [1.82, 2.24) is 0 Å². The maximum Gasteiger partial charge on any atom is 0.302 e. The quantitative estimate of drug-likeness (QED) is 0.110. The summed E-state index contributed by atoms with van der Waals surface area (Å²) in [5, 5.41) is 0. The summed E-state index contributed by atoms with van der Waals surface area (Å²) in [6.45, 7) is 4.30. The van der Waals surface area contributed by atoms with Crippen molar-refractivity contribution in [2.24, 2.45) is 0 Å². The van der Waals surface area contributed by atoms with Crippen LogP contribution < -0.4 is 0 Å². The van der Waals surface area contributed by atoms with Gasteiger partial charge < -0.3 is 0 Å². The van der Waals surface area contributed by atoms with Crippen molar-refractivity contribution in [1.29, 1.82) is 0 Å². The average Bonchev–Trinajstić information content (AvgIpc) is 2.84. The largest absolute Gasteiger partial charge is 0.302 e. The van der Waals surface area contributed by atoms with Crippen LogP contribution in [-0.4, -0.2) is 8.76 Å². The van der Waals surface area contributed by atoms with Crippen molar-refractivity contribution in [2.75, 3.05) is 0 Å². The maximum atomic E-state index is 11.1. The van der Waals surface area contributed by atoms with Crippen molar-refractivity contribution >= 4 is 11.4 Å². The highest BCUT2D eigenvalue weighted by Gasteiger charge is 2.14. The van der Waals surface area contributed by atoms with E-state index in [1.54, 1.807) is 0 Å². The molecule has 1 aromatic rings. The molecule has 3 nitrogen and oxygen atoms in total. The number of hydrogen-bond acceptors (Lipinski definition) is 2. The van der Waals surface area contributed by atoms with Gasteiger partial charge in [-0.1, -0.05) is 132 Å². The highest BCUT2D eigenvalue weighted by molar-refractivity contribution is 7.74. The van der Waals surface area contributed by atoms with Gasteiger partial charge in [-0.15, -0.1) is 0 Å². The van der Waals surface area contributed by atoms with Gasteiger partial charge in [0.1, 0.15) is 6.10 Å². The monoisotopic (exact) mass is 500 g/mol. The summed E-state index contributed by atoms with van der Waals surface area (Å²) < 4.78 is 25.5. The zero-order valence-electron chi connectivity index (χ0n) is 22.3. The third kappa shape index (κ3) is 19.3. The first kappa shape index (κ1) is 31.4. The van der Waals surface area contributed by atoms with E-state index in [4.69, 9.17) is 8.74 Å². The molecule has 0 radical (unpaired) electrons. The van der Waals surface area contributed by atoms with Gasteiger partial charge in [-0.05, 0) is 43.6 Å². The van der Waals surface area contributed by atoms with Gasteiger partial charge in [-0.3, -0.25) is 8.74 Å². The van der Waals surface area contributed by atoms with Gasteiger partial charge in [-0.25, -0.2) is 0 Å². The summed E-state index contributed by atoms with van der Waals surface area (Å²) in [6, 6.07) is 8.00. The molecule has 2 atom stereocenters. The molecule has 0 spiro atoms. The first-order chi connectivity index (χ1) is 17.1. The van der Waals surface area contributed by atoms with Crippen LogP contribution in [0, 0.1) is 30.6 Å². The molecule has 0 aromatic heterocycles. The highest BCUT2D eigenvalue weighted by Crippen LogP contribution is 2.25. The van der Waals surface area contributed by atoms with Gasteiger partial charge in [0.25, 0.3) is 0 Å². The fraction of sp³-hybridized carbons (Fsp3) is 0.677. The fourth-order valence-electron chi connectivity index (χ4n) is 4.14. The van der Waals surface area contributed by atoms with E-state index in [1.807, 2.05) is 31.2 Å². The summed E-state index contributed by atoms with van der Waals surface area (Å²) in [5.41, 5.74) is 2.14. The molecular formula is C31H48O3S. The van der Waals surface area contributed by atoms with Gasteiger partial charge in [0, 0.05) is 12.8 Å². The molecule has 0 amide bonds. The van der Waals surface area contributed by atoms with Gasteiger partial charge in [0.15, 0.2) is 0 Å². The molecule has 4 heteroatoms. The Bertz CT molecular complexity index is 779. The Morgan fingerprint density at radius 2 is 1.20 bits per heavy atom. The summed E-state index contributed by atoms with van der Waals surface area (Å²) in [5.74, 6) is 12.4. The molecule has 0 heterocycles. The molecule has 2 unspecified atom stereocenters. The summed E-state index contributed by atoms with van der Waals surface area (Å²) in [6.07, 6.45) is 21.3. The molecule has 0 saturated heterocycles. The number of hydrogen-bond donors (Lipinski definition) is 1. The second-order valence-corrected chi connectivity index (χ2v) is 10.2. The smallest absolute Gasteiger partial charge is 0.284 e. The predicted octanol–water partition coefficient (Wildman–Crippen LogP) is 9.24. The second-order valence-electron chi connectivity index (χ2n) is 9.55. The Labute approximate surface area is 218 Å². The van der Waals surface area contributed by atoms with E-state index in [1.165, 1.54) is 82.6 Å². The lowest BCUT2D eigenvalue weighted by Gasteiger charge is -2.15. The molecule has 196 valence electrons. The minimum Gasteiger partial charge on any atom is -0.284 e. The van der Waals surface area contributed by atoms with Crippen molar-refractivity contribution in [3.05, 3.63) is 35.4 Å². The minimum absolute atomic E-state index is 0.316. The summed E-state index contributed by atoms with van der Waals surface area (Å²) in [7, 11) is 0. The molecule has 0 bridgehead atoms. The Morgan fingerprint density at radius 1 is 0.743 bits per heavy atom. The SMILES string of the molecule is CCCCCCCCCCC#CC#CCCCCCCCCCC(OS(=O)O)c1ccc(C)cc1. The van der Waals surface area contributed by atoms with E-state index in [2.05, 4.69) is 30.6 Å². The van der Waals surface area contributed by atoms with Crippen LogP contribution in [0.5, 0.6) is 0 Å². The van der Waals surface area contributed by atoms with Crippen LogP contribution in [0.1, 0.15) is 140 Å². The molecule has 0 aliphatic heterocycles. The normalized spacial score (nSPS) is 12.3. The van der Waals surface area contributed by atoms with E-state index in [0.717, 1.165) is 44.1 Å². The molecule has 0 saturated carbocycles. The lowest BCUT2D eigenvalue weighted by atomic mass is 10.0. The first-order valence-corrected chi connectivity index (χ1v) is 15.0. The van der Waals surface area contributed by atoms with E-state index >= 15 is 0 Å². The van der Waals surface area contributed by atoms with Crippen LogP contribution in [0.25, 0.3) is 0 Å². The lowest BCUT2D eigenvalue weighted by Crippen LogP contribution is -2.06. The van der Waals surface area contributed by atoms with Gasteiger partial charge in [0.2, 0.25) is 0 Å². The third-order valence-corrected chi connectivity index (χ3v) is 6.71. The fourth-order valence-corrected chi connectivity index (χ4v) is 4.54. The summed E-state index contributed by atoms with van der Waals surface area (Å²) >= 11 is -2.24. The van der Waals surface area contributed by atoms with Crippen molar-refractivity contribution in [2.45, 2.75) is 136 Å². The van der Waals surface area contributed by atoms with Crippen molar-refractivity contribution in [3.63, 3.8) is 0 Å². The molecule has 0 aliphatic rings. The van der Waals surface area contributed by atoms with Crippen molar-refractivity contribution in [3.8, 4) is 23.7 Å². The molecule has 35 heavy (non-hydrogen) atoms. The Morgan fingerprint density at radius 3 is 1.69 bits per heavy atom. The van der Waals surface area contributed by atoms with Crippen LogP contribution in [0.4, 0.5) is 0 Å². The highest BCUT2D eigenvalue weighted by atomic mass is 32.2. The zero-order valence-corrected chi connectivity index (χ0v) is 23.1. The van der Waals surface area contributed by atoms with E-state index < -0.39 is 11.4 Å². The Hall–Kier alpha value is -1.59. The standard InChI is InChI=1S/C31H48O3S/c1-3-4-5-6-7-8-9-10-11-12-13-14-15-16-17-18-19-20-21-22-23-24-31(34-35(32)33)30-27-25-29(2)26-28-30/h25-28,31H,3-11,16-24H2,1-2H3,(H,32,33). The Kier molecular flexibility index (Phi) is 20.5. The van der Waals surface area contributed by atoms with E-state index in [0.29, 0.717) is 0 Å². The second kappa shape index (κ2) is 22.8. The van der Waals surface area contributed by atoms with E-state index in [-0.39, 0.29) is 6.10 Å². The van der Waals surface area contributed by atoms with Crippen LogP contribution in [0.3, 0.4) is 0 Å². The van der Waals surface area contributed by atoms with Crippen LogP contribution >= 0.6 is 0 Å². The van der Waals surface area contributed by atoms with Gasteiger partial charge in [0.05, 0.1) is 0 Å². The Balaban J connectivity index is 1.97. The molecule has 1 rings (SSSR count). The lowest BCUT2D eigenvalue weighted by molar-refractivity contribution is 0.193. The maximum absolute atomic E-state index is 11.1. The van der Waals surface area contributed by atoms with Crippen LogP contribution in [-0.2, 0) is 15.5 Å². The molecular weight excluding hydrogens is 452 g/mol. The predicted molar refractivity (Wildman–Crippen MR) is 150 cm³/mol. The number of benzene rings is 1. The topological polar surface area (TPSA) is 46.5 Å². The summed E-state index contributed by atoms with van der Waals surface area (Å²) in [4.78, 5) is 0. The average molecular weight is 501 g/mol. The van der Waals surface area contributed by atoms with E-state index in [9.17, 15) is 4.21 Å². The van der Waals surface area contributed by atoms with Gasteiger partial charge >= 0.3 is 11.4 Å². The minimum atomic E-state index is -2.24. The third-order valence-electron chi connectivity index (χ3n) is 6.31. The molecule has 1 aromatic carbocycles. The van der Waals surface area contributed by atoms with Gasteiger partial charge in [-0.2, -0.15) is 4.21 Å². The van der Waals surface area contributed by atoms with Crippen LogP contribution in [0.15, 0.2) is 24.3 Å². The number of rotatable bonds is 20. The number of unbranched alkanes of at least 4 members (excludes halogenated alkanes) is 15.